The van der Waals surface area contributed by atoms with E-state index in [0.717, 1.165) is 35.7 Å². The Balaban J connectivity index is 1.60. The third-order valence-electron chi connectivity index (χ3n) is 5.27. The van der Waals surface area contributed by atoms with E-state index >= 15 is 0 Å². The van der Waals surface area contributed by atoms with E-state index in [2.05, 4.69) is 27.1 Å². The lowest BCUT2D eigenvalue weighted by atomic mass is 10.1. The minimum Gasteiger partial charge on any atom is -0.378 e. The fraction of sp³-hybridized carbons (Fsp3) is 0.227. The van der Waals surface area contributed by atoms with Gasteiger partial charge in [0.2, 0.25) is 0 Å². The molecule has 5 rings (SSSR count). The van der Waals surface area contributed by atoms with Gasteiger partial charge >= 0.3 is 0 Å². The van der Waals surface area contributed by atoms with Gasteiger partial charge in [-0.15, -0.1) is 5.10 Å². The lowest BCUT2D eigenvalue weighted by molar-refractivity contribution is 0.122. The first kappa shape index (κ1) is 17.6. The number of aromatic amines is 1. The van der Waals surface area contributed by atoms with Crippen LogP contribution in [-0.2, 0) is 4.74 Å². The van der Waals surface area contributed by atoms with Crippen LogP contribution in [0.4, 0.5) is 5.82 Å². The molecule has 2 aromatic carbocycles. The maximum Gasteiger partial charge on any atom is 0.191 e. The van der Waals surface area contributed by atoms with Crippen LogP contribution in [0, 0.1) is 6.92 Å². The Bertz CT molecular complexity index is 1220. The molecule has 0 saturated carbocycles. The maximum atomic E-state index is 12.8. The molecule has 1 aliphatic heterocycles. The van der Waals surface area contributed by atoms with Gasteiger partial charge in [0, 0.05) is 30.1 Å². The number of aryl methyl sites for hydroxylation is 1. The summed E-state index contributed by atoms with van der Waals surface area (Å²) in [6.45, 7) is 4.88. The molecule has 29 heavy (non-hydrogen) atoms. The number of aromatic nitrogens is 4. The van der Waals surface area contributed by atoms with Crippen molar-refractivity contribution in [3.63, 3.8) is 0 Å². The molecule has 0 amide bonds. The SMILES string of the molecule is Cc1ccc(-n2cc(-c3cccc4c(=O)cc(N5CCOCC5)[nH]c34)nn2)cc1. The lowest BCUT2D eigenvalue weighted by Gasteiger charge is -2.28. The van der Waals surface area contributed by atoms with Crippen molar-refractivity contribution in [2.75, 3.05) is 31.2 Å². The van der Waals surface area contributed by atoms with Crippen LogP contribution in [0.25, 0.3) is 27.8 Å². The lowest BCUT2D eigenvalue weighted by Crippen LogP contribution is -2.37. The summed E-state index contributed by atoms with van der Waals surface area (Å²) in [5, 5.41) is 9.29. The number of nitrogens with one attached hydrogen (secondary N) is 1. The first-order valence-electron chi connectivity index (χ1n) is 9.67. The number of para-hydroxylation sites is 1. The van der Waals surface area contributed by atoms with Gasteiger partial charge in [0.1, 0.15) is 11.5 Å². The summed E-state index contributed by atoms with van der Waals surface area (Å²) in [6, 6.07) is 15.5. The minimum absolute atomic E-state index is 0.00646. The van der Waals surface area contributed by atoms with Crippen molar-refractivity contribution in [1.29, 1.82) is 0 Å². The largest absolute Gasteiger partial charge is 0.378 e. The zero-order valence-corrected chi connectivity index (χ0v) is 16.1. The molecule has 4 aromatic rings. The number of nitrogens with zero attached hydrogens (tertiary/aromatic N) is 4. The Morgan fingerprint density at radius 3 is 2.66 bits per heavy atom. The fourth-order valence-electron chi connectivity index (χ4n) is 3.66. The van der Waals surface area contributed by atoms with E-state index in [-0.39, 0.29) is 5.43 Å². The van der Waals surface area contributed by atoms with Crippen LogP contribution in [0.5, 0.6) is 0 Å². The smallest absolute Gasteiger partial charge is 0.191 e. The molecule has 0 unspecified atom stereocenters. The molecule has 0 bridgehead atoms. The second-order valence-electron chi connectivity index (χ2n) is 7.23. The highest BCUT2D eigenvalue weighted by molar-refractivity contribution is 5.93. The molecule has 3 heterocycles. The van der Waals surface area contributed by atoms with Crippen molar-refractivity contribution < 1.29 is 4.74 Å². The summed E-state index contributed by atoms with van der Waals surface area (Å²) in [6.07, 6.45) is 1.89. The van der Waals surface area contributed by atoms with Crippen molar-refractivity contribution in [1.82, 2.24) is 20.0 Å². The van der Waals surface area contributed by atoms with Crippen molar-refractivity contribution >= 4 is 16.7 Å². The van der Waals surface area contributed by atoms with Crippen molar-refractivity contribution in [2.24, 2.45) is 0 Å². The third-order valence-corrected chi connectivity index (χ3v) is 5.27. The molecule has 0 atom stereocenters. The van der Waals surface area contributed by atoms with Gasteiger partial charge < -0.3 is 14.6 Å². The van der Waals surface area contributed by atoms with Crippen LogP contribution in [0.2, 0.25) is 0 Å². The zero-order chi connectivity index (χ0) is 19.8. The number of anilines is 1. The molecule has 146 valence electrons. The van der Waals surface area contributed by atoms with Crippen molar-refractivity contribution in [3.05, 3.63) is 70.5 Å². The number of hydrogen-bond donors (Lipinski definition) is 1. The number of H-pyrrole nitrogens is 1. The average Bonchev–Trinajstić information content (AvgIpc) is 3.24. The van der Waals surface area contributed by atoms with Crippen LogP contribution in [0.3, 0.4) is 0 Å². The number of benzene rings is 2. The fourth-order valence-corrected chi connectivity index (χ4v) is 3.66. The van der Waals surface area contributed by atoms with Crippen LogP contribution < -0.4 is 10.3 Å². The zero-order valence-electron chi connectivity index (χ0n) is 16.1. The highest BCUT2D eigenvalue weighted by atomic mass is 16.5. The van der Waals surface area contributed by atoms with Crippen molar-refractivity contribution in [3.8, 4) is 16.9 Å². The molecule has 2 aromatic heterocycles. The number of ether oxygens (including phenoxy) is 1. The van der Waals surface area contributed by atoms with Crippen LogP contribution in [0.15, 0.2) is 59.5 Å². The van der Waals surface area contributed by atoms with E-state index in [0.29, 0.717) is 24.3 Å². The van der Waals surface area contributed by atoms with E-state index < -0.39 is 0 Å². The second-order valence-corrected chi connectivity index (χ2v) is 7.23. The third kappa shape index (κ3) is 3.30. The highest BCUT2D eigenvalue weighted by Crippen LogP contribution is 2.26. The molecule has 7 heteroatoms. The summed E-state index contributed by atoms with van der Waals surface area (Å²) < 4.78 is 7.18. The normalized spacial score (nSPS) is 14.4. The van der Waals surface area contributed by atoms with Crippen LogP contribution >= 0.6 is 0 Å². The number of hydrogen-bond acceptors (Lipinski definition) is 5. The van der Waals surface area contributed by atoms with Gasteiger partial charge in [0.05, 0.1) is 30.6 Å². The second kappa shape index (κ2) is 7.18. The van der Waals surface area contributed by atoms with Gasteiger partial charge in [0.25, 0.3) is 0 Å². The Labute approximate surface area is 167 Å². The number of fused-ring (bicyclic) bond motifs is 1. The van der Waals surface area contributed by atoms with E-state index in [1.54, 1.807) is 10.7 Å². The quantitative estimate of drug-likeness (QED) is 0.585. The van der Waals surface area contributed by atoms with Gasteiger partial charge in [-0.2, -0.15) is 0 Å². The van der Waals surface area contributed by atoms with Gasteiger partial charge in [-0.3, -0.25) is 4.79 Å². The standard InChI is InChI=1S/C22H21N5O2/c1-15-5-7-16(8-6-15)27-14-19(24-25-27)17-3-2-4-18-20(28)13-21(23-22(17)18)26-9-11-29-12-10-26/h2-8,13-14H,9-12H2,1H3,(H,23,28). The molecule has 1 N–H and O–H groups in total. The Morgan fingerprint density at radius 2 is 1.86 bits per heavy atom. The Kier molecular flexibility index (Phi) is 4.37. The van der Waals surface area contributed by atoms with Gasteiger partial charge in [-0.05, 0) is 25.1 Å². The molecule has 1 saturated heterocycles. The van der Waals surface area contributed by atoms with E-state index in [1.165, 1.54) is 5.56 Å². The first-order valence-corrected chi connectivity index (χ1v) is 9.67. The Morgan fingerprint density at radius 1 is 1.07 bits per heavy atom. The molecule has 0 aliphatic carbocycles. The summed E-state index contributed by atoms with van der Waals surface area (Å²) >= 11 is 0. The number of morpholine rings is 1. The number of pyridine rings is 1. The van der Waals surface area contributed by atoms with Gasteiger partial charge in [-0.25, -0.2) is 4.68 Å². The van der Waals surface area contributed by atoms with Gasteiger partial charge in [-0.1, -0.05) is 35.0 Å². The number of rotatable bonds is 3. The molecular weight excluding hydrogens is 366 g/mol. The average molecular weight is 387 g/mol. The summed E-state index contributed by atoms with van der Waals surface area (Å²) in [7, 11) is 0. The van der Waals surface area contributed by atoms with E-state index in [9.17, 15) is 4.79 Å². The predicted molar refractivity (Wildman–Crippen MR) is 113 cm³/mol. The molecular formula is C22H21N5O2. The van der Waals surface area contributed by atoms with Gasteiger partial charge in [0.15, 0.2) is 5.43 Å². The summed E-state index contributed by atoms with van der Waals surface area (Å²) in [5.74, 6) is 0.809. The molecule has 0 spiro atoms. The van der Waals surface area contributed by atoms with Crippen LogP contribution in [0.1, 0.15) is 5.56 Å². The Hall–Kier alpha value is -3.45. The molecule has 1 aliphatic rings. The predicted octanol–water partition coefficient (Wildman–Crippen LogP) is 2.92. The minimum atomic E-state index is -0.00646. The highest BCUT2D eigenvalue weighted by Gasteiger charge is 2.16. The first-order chi connectivity index (χ1) is 14.2. The monoisotopic (exact) mass is 387 g/mol. The summed E-state index contributed by atoms with van der Waals surface area (Å²) in [5.41, 5.74) is 4.47. The summed E-state index contributed by atoms with van der Waals surface area (Å²) in [4.78, 5) is 18.4. The molecule has 0 radical (unpaired) electrons. The van der Waals surface area contributed by atoms with E-state index in [1.807, 2.05) is 48.7 Å². The molecule has 7 nitrogen and oxygen atoms in total. The van der Waals surface area contributed by atoms with Crippen molar-refractivity contribution in [2.45, 2.75) is 6.92 Å². The molecule has 1 fully saturated rings. The van der Waals surface area contributed by atoms with E-state index in [4.69, 9.17) is 4.74 Å². The maximum absolute atomic E-state index is 12.8. The topological polar surface area (TPSA) is 76.0 Å². The van der Waals surface area contributed by atoms with Crippen LogP contribution in [-0.4, -0.2) is 46.3 Å².